The number of carbonyl (C=O) groups is 1. The Morgan fingerprint density at radius 1 is 1.33 bits per heavy atom. The molecule has 1 aromatic carbocycles. The molecule has 0 saturated heterocycles. The second-order valence-corrected chi connectivity index (χ2v) is 5.65. The van der Waals surface area contributed by atoms with Crippen molar-refractivity contribution >= 4 is 32.7 Å². The van der Waals surface area contributed by atoms with Crippen LogP contribution in [-0.4, -0.2) is 23.0 Å². The van der Waals surface area contributed by atoms with Crippen molar-refractivity contribution in [2.24, 2.45) is 0 Å². The lowest BCUT2D eigenvalue weighted by atomic mass is 10.0. The van der Waals surface area contributed by atoms with Gasteiger partial charge in [0.2, 0.25) is 0 Å². The van der Waals surface area contributed by atoms with E-state index in [-0.39, 0.29) is 0 Å². The van der Waals surface area contributed by atoms with E-state index < -0.39 is 5.97 Å². The monoisotopic (exact) mass is 299 g/mol. The lowest BCUT2D eigenvalue weighted by molar-refractivity contribution is 0.0600. The number of carbonyl (C=O) groups excluding carboxylic acids is 1. The first-order valence-electron chi connectivity index (χ1n) is 6.30. The zero-order valence-electron chi connectivity index (χ0n) is 11.6. The van der Waals surface area contributed by atoms with Crippen molar-refractivity contribution < 1.29 is 9.53 Å². The summed E-state index contributed by atoms with van der Waals surface area (Å²) in [5, 5.41) is 0.542. The molecule has 0 fully saturated rings. The number of hydrogen-bond acceptors (Lipinski definition) is 6. The number of pyridine rings is 1. The number of ether oxygens (including phenoxy) is 1. The number of esters is 1. The van der Waals surface area contributed by atoms with Crippen molar-refractivity contribution in [3.8, 4) is 11.1 Å². The highest BCUT2D eigenvalue weighted by Gasteiger charge is 2.11. The first-order chi connectivity index (χ1) is 10.1. The van der Waals surface area contributed by atoms with E-state index >= 15 is 0 Å². The van der Waals surface area contributed by atoms with Gasteiger partial charge in [-0.2, -0.15) is 0 Å². The molecule has 0 aliphatic rings. The standard InChI is InChI=1S/C15H13N3O2S/c1-8-11(5-10(7-17-8)14(19)20-2)9-3-4-12-13(6-9)21-15(16)18-12/h3-7H,1-2H3,(H2,16,18). The van der Waals surface area contributed by atoms with Crippen LogP contribution < -0.4 is 5.73 Å². The highest BCUT2D eigenvalue weighted by Crippen LogP contribution is 2.30. The maximum absolute atomic E-state index is 11.6. The molecule has 2 heterocycles. The van der Waals surface area contributed by atoms with E-state index in [1.165, 1.54) is 24.6 Å². The lowest BCUT2D eigenvalue weighted by Gasteiger charge is -2.07. The number of anilines is 1. The van der Waals surface area contributed by atoms with E-state index in [1.54, 1.807) is 6.07 Å². The molecule has 21 heavy (non-hydrogen) atoms. The van der Waals surface area contributed by atoms with Crippen LogP contribution in [0, 0.1) is 6.92 Å². The van der Waals surface area contributed by atoms with Crippen LogP contribution in [0.2, 0.25) is 0 Å². The number of benzene rings is 1. The number of hydrogen-bond donors (Lipinski definition) is 1. The molecular formula is C15H13N3O2S. The van der Waals surface area contributed by atoms with Gasteiger partial charge in [-0.25, -0.2) is 9.78 Å². The molecule has 0 aliphatic carbocycles. The van der Waals surface area contributed by atoms with Gasteiger partial charge in [0.05, 0.1) is 22.9 Å². The topological polar surface area (TPSA) is 78.1 Å². The predicted octanol–water partition coefficient (Wildman–Crippen LogP) is 3.04. The molecule has 0 bridgehead atoms. The van der Waals surface area contributed by atoms with E-state index in [4.69, 9.17) is 10.5 Å². The van der Waals surface area contributed by atoms with E-state index in [1.807, 2.05) is 25.1 Å². The van der Waals surface area contributed by atoms with Crippen LogP contribution in [0.25, 0.3) is 21.3 Å². The fraction of sp³-hybridized carbons (Fsp3) is 0.133. The van der Waals surface area contributed by atoms with Crippen molar-refractivity contribution in [2.45, 2.75) is 6.92 Å². The summed E-state index contributed by atoms with van der Waals surface area (Å²) in [6.45, 7) is 1.90. The zero-order valence-corrected chi connectivity index (χ0v) is 12.4. The second kappa shape index (κ2) is 5.14. The third-order valence-corrected chi connectivity index (χ3v) is 4.07. The molecule has 106 valence electrons. The summed E-state index contributed by atoms with van der Waals surface area (Å²) in [6.07, 6.45) is 1.52. The molecule has 0 spiro atoms. The fourth-order valence-corrected chi connectivity index (χ4v) is 2.94. The Morgan fingerprint density at radius 2 is 2.14 bits per heavy atom. The van der Waals surface area contributed by atoms with Gasteiger partial charge in [0, 0.05) is 17.5 Å². The molecule has 3 aromatic rings. The highest BCUT2D eigenvalue weighted by molar-refractivity contribution is 7.22. The summed E-state index contributed by atoms with van der Waals surface area (Å²) < 4.78 is 5.74. The quantitative estimate of drug-likeness (QED) is 0.736. The van der Waals surface area contributed by atoms with Gasteiger partial charge in [-0.15, -0.1) is 0 Å². The third kappa shape index (κ3) is 2.45. The molecule has 3 rings (SSSR count). The molecular weight excluding hydrogens is 286 g/mol. The highest BCUT2D eigenvalue weighted by atomic mass is 32.1. The number of nitrogens with two attached hydrogens (primary N) is 1. The second-order valence-electron chi connectivity index (χ2n) is 4.58. The minimum absolute atomic E-state index is 0.396. The summed E-state index contributed by atoms with van der Waals surface area (Å²) in [6, 6.07) is 7.67. The Morgan fingerprint density at radius 3 is 2.90 bits per heavy atom. The van der Waals surface area contributed by atoms with Crippen molar-refractivity contribution in [2.75, 3.05) is 12.8 Å². The summed E-state index contributed by atoms with van der Waals surface area (Å²) in [7, 11) is 1.36. The number of fused-ring (bicyclic) bond motifs is 1. The zero-order chi connectivity index (χ0) is 15.0. The number of nitrogen functional groups attached to an aromatic ring is 1. The smallest absolute Gasteiger partial charge is 0.339 e. The predicted molar refractivity (Wildman–Crippen MR) is 83.3 cm³/mol. The Bertz CT molecular complexity index is 842. The van der Waals surface area contributed by atoms with Gasteiger partial charge in [-0.05, 0) is 30.7 Å². The number of aryl methyl sites for hydroxylation is 1. The minimum Gasteiger partial charge on any atom is -0.465 e. The molecule has 0 aliphatic heterocycles. The first kappa shape index (κ1) is 13.5. The van der Waals surface area contributed by atoms with Gasteiger partial charge < -0.3 is 10.5 Å². The first-order valence-corrected chi connectivity index (χ1v) is 7.11. The van der Waals surface area contributed by atoms with Gasteiger partial charge in [0.25, 0.3) is 0 Å². The normalized spacial score (nSPS) is 10.8. The summed E-state index contributed by atoms with van der Waals surface area (Å²) in [5.41, 5.74) is 9.74. The van der Waals surface area contributed by atoms with E-state index in [0.717, 1.165) is 27.0 Å². The van der Waals surface area contributed by atoms with Crippen molar-refractivity contribution in [3.05, 3.63) is 41.7 Å². The van der Waals surface area contributed by atoms with Gasteiger partial charge >= 0.3 is 5.97 Å². The molecule has 0 amide bonds. The molecule has 2 aromatic heterocycles. The number of rotatable bonds is 2. The van der Waals surface area contributed by atoms with Crippen LogP contribution >= 0.6 is 11.3 Å². The van der Waals surface area contributed by atoms with Gasteiger partial charge in [-0.1, -0.05) is 17.4 Å². The molecule has 0 saturated carbocycles. The summed E-state index contributed by atoms with van der Waals surface area (Å²) >= 11 is 1.44. The largest absolute Gasteiger partial charge is 0.465 e. The number of aromatic nitrogens is 2. The van der Waals surface area contributed by atoms with E-state index in [9.17, 15) is 4.79 Å². The Kier molecular flexibility index (Phi) is 3.31. The van der Waals surface area contributed by atoms with Crippen molar-refractivity contribution in [1.29, 1.82) is 0 Å². The Balaban J connectivity index is 2.14. The van der Waals surface area contributed by atoms with Crippen molar-refractivity contribution in [3.63, 3.8) is 0 Å². The summed E-state index contributed by atoms with van der Waals surface area (Å²) in [4.78, 5) is 20.1. The number of nitrogens with zero attached hydrogens (tertiary/aromatic N) is 2. The van der Waals surface area contributed by atoms with Crippen molar-refractivity contribution in [1.82, 2.24) is 9.97 Å². The van der Waals surface area contributed by atoms with Crippen LogP contribution in [0.1, 0.15) is 16.1 Å². The fourth-order valence-electron chi connectivity index (χ4n) is 2.16. The van der Waals surface area contributed by atoms with Crippen LogP contribution in [0.5, 0.6) is 0 Å². The number of thiazole rings is 1. The van der Waals surface area contributed by atoms with E-state index in [0.29, 0.717) is 10.7 Å². The molecule has 5 nitrogen and oxygen atoms in total. The molecule has 0 atom stereocenters. The van der Waals surface area contributed by atoms with Gasteiger partial charge in [0.15, 0.2) is 5.13 Å². The van der Waals surface area contributed by atoms with Crippen LogP contribution in [0.15, 0.2) is 30.5 Å². The van der Waals surface area contributed by atoms with Crippen LogP contribution in [-0.2, 0) is 4.74 Å². The maximum atomic E-state index is 11.6. The van der Waals surface area contributed by atoms with E-state index in [2.05, 4.69) is 9.97 Å². The number of methoxy groups -OCH3 is 1. The summed E-state index contributed by atoms with van der Waals surface area (Å²) in [5.74, 6) is -0.396. The molecule has 0 radical (unpaired) electrons. The van der Waals surface area contributed by atoms with Gasteiger partial charge in [-0.3, -0.25) is 4.98 Å². The lowest BCUT2D eigenvalue weighted by Crippen LogP contribution is -2.03. The average molecular weight is 299 g/mol. The maximum Gasteiger partial charge on any atom is 0.339 e. The SMILES string of the molecule is COC(=O)c1cnc(C)c(-c2ccc3nc(N)sc3c2)c1. The Labute approximate surface area is 125 Å². The molecule has 6 heteroatoms. The molecule has 2 N–H and O–H groups in total. The van der Waals surface area contributed by atoms with Crippen LogP contribution in [0.3, 0.4) is 0 Å². The van der Waals surface area contributed by atoms with Crippen LogP contribution in [0.4, 0.5) is 5.13 Å². The Hall–Kier alpha value is -2.47. The van der Waals surface area contributed by atoms with Gasteiger partial charge in [0.1, 0.15) is 0 Å². The average Bonchev–Trinajstić information content (AvgIpc) is 2.86. The third-order valence-electron chi connectivity index (χ3n) is 3.22. The minimum atomic E-state index is -0.396. The molecule has 0 unspecified atom stereocenters.